The lowest BCUT2D eigenvalue weighted by Crippen LogP contribution is -2.44. The number of morpholine rings is 1. The number of aromatic nitrogens is 8. The van der Waals surface area contributed by atoms with Crippen LogP contribution in [0.4, 0.5) is 5.82 Å². The lowest BCUT2D eigenvalue weighted by molar-refractivity contribution is 0.0985. The number of rotatable bonds is 4. The van der Waals surface area contributed by atoms with Crippen LogP contribution in [0.25, 0.3) is 33.8 Å². The molecule has 6 heterocycles. The van der Waals surface area contributed by atoms with E-state index in [9.17, 15) is 0 Å². The van der Waals surface area contributed by atoms with Gasteiger partial charge < -0.3 is 9.64 Å². The van der Waals surface area contributed by atoms with Gasteiger partial charge in [0.25, 0.3) is 0 Å². The third-order valence-corrected chi connectivity index (χ3v) is 6.37. The van der Waals surface area contributed by atoms with Gasteiger partial charge in [-0.15, -0.1) is 0 Å². The van der Waals surface area contributed by atoms with E-state index in [-0.39, 0.29) is 6.04 Å². The van der Waals surface area contributed by atoms with Gasteiger partial charge in [-0.3, -0.25) is 10.1 Å². The third-order valence-electron chi connectivity index (χ3n) is 6.37. The smallest absolute Gasteiger partial charge is 0.167 e. The first kappa shape index (κ1) is 20.5. The molecule has 1 fully saturated rings. The molecular weight excluding hydrogens is 430 g/mol. The number of ether oxygens (including phenoxy) is 1. The number of pyridine rings is 1. The van der Waals surface area contributed by atoms with E-state index >= 15 is 0 Å². The highest BCUT2D eigenvalue weighted by molar-refractivity contribution is 5.80. The summed E-state index contributed by atoms with van der Waals surface area (Å²) < 4.78 is 9.53. The first-order chi connectivity index (χ1) is 16.6. The lowest BCUT2D eigenvalue weighted by atomic mass is 10.1. The molecule has 1 saturated heterocycles. The lowest BCUT2D eigenvalue weighted by Gasteiger charge is -2.34. The first-order valence-corrected chi connectivity index (χ1v) is 11.3. The summed E-state index contributed by atoms with van der Waals surface area (Å²) >= 11 is 0. The Kier molecular flexibility index (Phi) is 4.88. The second kappa shape index (κ2) is 8.07. The average Bonchev–Trinajstić information content (AvgIpc) is 3.58. The van der Waals surface area contributed by atoms with E-state index in [1.54, 1.807) is 18.6 Å². The highest BCUT2D eigenvalue weighted by Gasteiger charge is 2.25. The minimum atomic E-state index is 0.219. The largest absolute Gasteiger partial charge is 0.377 e. The normalized spacial score (nSPS) is 16.4. The van der Waals surface area contributed by atoms with Crippen LogP contribution in [0, 0.1) is 13.8 Å². The van der Waals surface area contributed by atoms with Crippen LogP contribution in [-0.4, -0.2) is 65.4 Å². The number of anilines is 1. The fraction of sp³-hybridized carbons (Fsp3) is 0.292. The molecule has 5 aromatic rings. The van der Waals surface area contributed by atoms with Crippen LogP contribution in [0.1, 0.15) is 18.3 Å². The van der Waals surface area contributed by atoms with Gasteiger partial charge in [0, 0.05) is 36.8 Å². The molecule has 34 heavy (non-hydrogen) atoms. The molecule has 6 rings (SSSR count). The topological polar surface area (TPSA) is 102 Å². The highest BCUT2D eigenvalue weighted by Crippen LogP contribution is 2.34. The summed E-state index contributed by atoms with van der Waals surface area (Å²) in [6.45, 7) is 8.41. The number of aromatic amines is 1. The summed E-state index contributed by atoms with van der Waals surface area (Å²) in [5.74, 6) is 0.898. The molecule has 1 N–H and O–H groups in total. The van der Waals surface area contributed by atoms with Gasteiger partial charge in [-0.25, -0.2) is 14.2 Å². The molecular formula is C24H25N9O. The van der Waals surface area contributed by atoms with Crippen molar-refractivity contribution in [1.29, 1.82) is 0 Å². The first-order valence-electron chi connectivity index (χ1n) is 11.3. The number of nitrogens with zero attached hydrogens (tertiary/aromatic N) is 8. The fourth-order valence-corrected chi connectivity index (χ4v) is 4.69. The van der Waals surface area contributed by atoms with Crippen LogP contribution in [0.15, 0.2) is 49.1 Å². The highest BCUT2D eigenvalue weighted by atomic mass is 16.5. The molecule has 0 aliphatic carbocycles. The van der Waals surface area contributed by atoms with Gasteiger partial charge >= 0.3 is 0 Å². The van der Waals surface area contributed by atoms with Crippen LogP contribution in [0.2, 0.25) is 0 Å². The van der Waals surface area contributed by atoms with E-state index in [4.69, 9.17) is 19.9 Å². The van der Waals surface area contributed by atoms with Crippen molar-refractivity contribution in [3.8, 4) is 28.2 Å². The Morgan fingerprint density at radius 2 is 1.97 bits per heavy atom. The van der Waals surface area contributed by atoms with Gasteiger partial charge in [-0.2, -0.15) is 15.3 Å². The molecule has 1 aliphatic heterocycles. The van der Waals surface area contributed by atoms with Crippen LogP contribution in [0.3, 0.4) is 0 Å². The summed E-state index contributed by atoms with van der Waals surface area (Å²) in [6, 6.07) is 8.18. The quantitative estimate of drug-likeness (QED) is 0.444. The average molecular weight is 456 g/mol. The van der Waals surface area contributed by atoms with E-state index in [0.717, 1.165) is 57.6 Å². The molecule has 10 heteroatoms. The Hall–Kier alpha value is -4.05. The molecule has 1 aliphatic rings. The van der Waals surface area contributed by atoms with E-state index < -0.39 is 0 Å². The molecule has 0 aromatic carbocycles. The van der Waals surface area contributed by atoms with Crippen molar-refractivity contribution in [2.45, 2.75) is 26.8 Å². The van der Waals surface area contributed by atoms with Gasteiger partial charge in [0.15, 0.2) is 5.65 Å². The summed E-state index contributed by atoms with van der Waals surface area (Å²) in [7, 11) is 0. The minimum Gasteiger partial charge on any atom is -0.377 e. The van der Waals surface area contributed by atoms with Crippen molar-refractivity contribution in [1.82, 2.24) is 39.6 Å². The maximum absolute atomic E-state index is 5.68. The van der Waals surface area contributed by atoms with Crippen LogP contribution in [0.5, 0.6) is 0 Å². The van der Waals surface area contributed by atoms with Gasteiger partial charge in [0.2, 0.25) is 0 Å². The van der Waals surface area contributed by atoms with E-state index in [1.165, 1.54) is 0 Å². The number of aryl methyl sites for hydroxylation is 1. The summed E-state index contributed by atoms with van der Waals surface area (Å²) in [4.78, 5) is 11.5. The molecule has 1 atom stereocenters. The molecule has 0 spiro atoms. The van der Waals surface area contributed by atoms with Crippen LogP contribution >= 0.6 is 0 Å². The molecule has 1 unspecified atom stereocenters. The maximum Gasteiger partial charge on any atom is 0.167 e. The third kappa shape index (κ3) is 3.26. The maximum atomic E-state index is 5.68. The summed E-state index contributed by atoms with van der Waals surface area (Å²) in [5.41, 5.74) is 7.43. The number of hydrogen-bond acceptors (Lipinski definition) is 7. The number of nitrogens with one attached hydrogen (secondary N) is 1. The van der Waals surface area contributed by atoms with Gasteiger partial charge in [-0.05, 0) is 39.0 Å². The monoisotopic (exact) mass is 455 g/mol. The zero-order valence-corrected chi connectivity index (χ0v) is 19.3. The van der Waals surface area contributed by atoms with E-state index in [0.29, 0.717) is 13.2 Å². The number of fused-ring (bicyclic) bond motifs is 1. The Morgan fingerprint density at radius 1 is 1.12 bits per heavy atom. The summed E-state index contributed by atoms with van der Waals surface area (Å²) in [5, 5.41) is 16.8. The zero-order chi connectivity index (χ0) is 23.2. The molecule has 0 amide bonds. The second-order valence-electron chi connectivity index (χ2n) is 8.54. The molecule has 172 valence electrons. The zero-order valence-electron chi connectivity index (χ0n) is 19.3. The minimum absolute atomic E-state index is 0.219. The van der Waals surface area contributed by atoms with Gasteiger partial charge in [-0.1, -0.05) is 0 Å². The van der Waals surface area contributed by atoms with E-state index in [1.807, 2.05) is 40.5 Å². The van der Waals surface area contributed by atoms with Crippen molar-refractivity contribution >= 4 is 11.5 Å². The van der Waals surface area contributed by atoms with Crippen molar-refractivity contribution in [3.05, 3.63) is 60.4 Å². The van der Waals surface area contributed by atoms with Crippen molar-refractivity contribution in [2.75, 3.05) is 24.7 Å². The Labute approximate surface area is 196 Å². The van der Waals surface area contributed by atoms with Crippen molar-refractivity contribution < 1.29 is 4.74 Å². The van der Waals surface area contributed by atoms with Crippen molar-refractivity contribution in [2.24, 2.45) is 0 Å². The molecule has 10 nitrogen and oxygen atoms in total. The predicted octanol–water partition coefficient (Wildman–Crippen LogP) is 3.21. The SMILES string of the molecule is Cc1nn(-c2ccncc2)c(C)c1-c1cc(N2CCOCC2C)nc2c(-c3ccn[nH]3)cnn12. The van der Waals surface area contributed by atoms with Gasteiger partial charge in [0.05, 0.1) is 59.5 Å². The standard InChI is InChI=1S/C24H25N9O/c1-15-14-34-11-10-31(15)22-12-21(33-24(28-22)19(13-27-33)20-6-9-26-29-20)23-16(2)30-32(17(23)3)18-4-7-25-8-5-18/h4-9,12-13,15H,10-11,14H2,1-3H3,(H,26,29). The second-order valence-corrected chi connectivity index (χ2v) is 8.54. The van der Waals surface area contributed by atoms with E-state index in [2.05, 4.69) is 40.0 Å². The van der Waals surface area contributed by atoms with Crippen LogP contribution in [-0.2, 0) is 4.74 Å². The van der Waals surface area contributed by atoms with Crippen molar-refractivity contribution in [3.63, 3.8) is 0 Å². The Bertz CT molecular complexity index is 1450. The molecule has 5 aromatic heterocycles. The molecule has 0 radical (unpaired) electrons. The predicted molar refractivity (Wildman–Crippen MR) is 128 cm³/mol. The Morgan fingerprint density at radius 3 is 2.74 bits per heavy atom. The van der Waals surface area contributed by atoms with Crippen LogP contribution < -0.4 is 4.90 Å². The molecule has 0 bridgehead atoms. The summed E-state index contributed by atoms with van der Waals surface area (Å²) in [6.07, 6.45) is 7.13. The number of H-pyrrole nitrogens is 1. The fourth-order valence-electron chi connectivity index (χ4n) is 4.69. The van der Waals surface area contributed by atoms with Gasteiger partial charge in [0.1, 0.15) is 5.82 Å². The Balaban J connectivity index is 1.60. The molecule has 0 saturated carbocycles. The number of hydrogen-bond donors (Lipinski definition) is 1.